The third-order valence-electron chi connectivity index (χ3n) is 5.70. The first-order valence-electron chi connectivity index (χ1n) is 9.53. The van der Waals surface area contributed by atoms with E-state index in [2.05, 4.69) is 58.3 Å². The van der Waals surface area contributed by atoms with E-state index in [4.69, 9.17) is 9.84 Å². The van der Waals surface area contributed by atoms with Crippen molar-refractivity contribution in [3.63, 3.8) is 0 Å². The summed E-state index contributed by atoms with van der Waals surface area (Å²) in [4.78, 5) is 0. The molecule has 2 aliphatic heterocycles. The molecule has 2 heterocycles. The lowest BCUT2D eigenvalue weighted by molar-refractivity contribution is -0.911. The summed E-state index contributed by atoms with van der Waals surface area (Å²) in [5.41, 5.74) is 6.64. The van der Waals surface area contributed by atoms with Crippen LogP contribution in [0.4, 0.5) is 0 Å². The van der Waals surface area contributed by atoms with Gasteiger partial charge in [0.05, 0.1) is 0 Å². The minimum atomic E-state index is 0.302. The molecule has 3 rings (SSSR count). The van der Waals surface area contributed by atoms with Crippen molar-refractivity contribution in [2.24, 2.45) is 5.10 Å². The van der Waals surface area contributed by atoms with Crippen LogP contribution >= 0.6 is 0 Å². The van der Waals surface area contributed by atoms with Crippen molar-refractivity contribution < 1.29 is 9.33 Å². The van der Waals surface area contributed by atoms with E-state index in [0.29, 0.717) is 16.7 Å². The fourth-order valence-corrected chi connectivity index (χ4v) is 4.36. The predicted molar refractivity (Wildman–Crippen MR) is 103 cm³/mol. The summed E-state index contributed by atoms with van der Waals surface area (Å²) in [5.74, 6) is 0. The summed E-state index contributed by atoms with van der Waals surface area (Å²) >= 11 is 0. The molecular formula is C21H32N3O+. The summed E-state index contributed by atoms with van der Waals surface area (Å²) in [6, 6.07) is 5.38. The molecule has 25 heavy (non-hydrogen) atoms. The molecule has 2 atom stereocenters. The maximum Gasteiger partial charge on any atom is 0.148 e. The van der Waals surface area contributed by atoms with Crippen LogP contribution in [0.15, 0.2) is 29.1 Å². The van der Waals surface area contributed by atoms with Crippen LogP contribution in [0, 0.1) is 20.8 Å². The van der Waals surface area contributed by atoms with Crippen molar-refractivity contribution in [2.45, 2.75) is 59.5 Å². The lowest BCUT2D eigenvalue weighted by Crippen LogP contribution is -2.39. The number of ether oxygens (including phenoxy) is 1. The third kappa shape index (κ3) is 3.65. The van der Waals surface area contributed by atoms with Crippen LogP contribution in [0.1, 0.15) is 55.0 Å². The zero-order valence-corrected chi connectivity index (χ0v) is 16.3. The number of aryl methyl sites for hydroxylation is 3. The molecule has 0 saturated carbocycles. The minimum absolute atomic E-state index is 0.302. The van der Waals surface area contributed by atoms with Gasteiger partial charge in [0.1, 0.15) is 30.7 Å². The zero-order chi connectivity index (χ0) is 18.0. The van der Waals surface area contributed by atoms with Crippen LogP contribution in [0.5, 0.6) is 0 Å². The Morgan fingerprint density at radius 2 is 1.84 bits per heavy atom. The number of hydrogen-bond donors (Lipinski definition) is 1. The Hall–Kier alpha value is -1.65. The van der Waals surface area contributed by atoms with Crippen molar-refractivity contribution >= 4 is 6.21 Å². The number of nitrogens with one attached hydrogen (secondary N) is 1. The van der Waals surface area contributed by atoms with Crippen LogP contribution in [0.2, 0.25) is 0 Å². The van der Waals surface area contributed by atoms with Crippen molar-refractivity contribution in [1.29, 1.82) is 0 Å². The molecule has 136 valence electrons. The second-order valence-corrected chi connectivity index (χ2v) is 7.55. The number of benzene rings is 1. The van der Waals surface area contributed by atoms with E-state index >= 15 is 0 Å². The molecule has 1 aromatic rings. The maximum absolute atomic E-state index is 5.46. The number of quaternary nitrogens is 1. The lowest BCUT2D eigenvalue weighted by atomic mass is 9.93. The average molecular weight is 343 g/mol. The molecule has 0 aromatic heterocycles. The first-order chi connectivity index (χ1) is 11.9. The van der Waals surface area contributed by atoms with Crippen molar-refractivity contribution in [3.8, 4) is 0 Å². The Morgan fingerprint density at radius 3 is 2.44 bits per heavy atom. The first kappa shape index (κ1) is 18.2. The molecule has 4 nitrogen and oxygen atoms in total. The van der Waals surface area contributed by atoms with Gasteiger partial charge in [0, 0.05) is 24.8 Å². The van der Waals surface area contributed by atoms with Gasteiger partial charge >= 0.3 is 0 Å². The summed E-state index contributed by atoms with van der Waals surface area (Å²) in [5, 5.41) is 8.61. The molecule has 4 heteroatoms. The molecule has 0 radical (unpaired) electrons. The minimum Gasteiger partial charge on any atom is -0.381 e. The highest BCUT2D eigenvalue weighted by Gasteiger charge is 2.38. The van der Waals surface area contributed by atoms with Crippen molar-refractivity contribution in [3.05, 3.63) is 46.3 Å². The van der Waals surface area contributed by atoms with Gasteiger partial charge in [-0.05, 0) is 58.6 Å². The molecule has 1 N–H and O–H groups in total. The largest absolute Gasteiger partial charge is 0.381 e. The van der Waals surface area contributed by atoms with Crippen LogP contribution in [-0.4, -0.2) is 36.6 Å². The molecule has 0 spiro atoms. The van der Waals surface area contributed by atoms with Gasteiger partial charge in [0.15, 0.2) is 0 Å². The van der Waals surface area contributed by atoms with Crippen LogP contribution in [-0.2, 0) is 4.74 Å². The highest BCUT2D eigenvalue weighted by Crippen LogP contribution is 2.36. The van der Waals surface area contributed by atoms with E-state index in [1.165, 1.54) is 22.3 Å². The summed E-state index contributed by atoms with van der Waals surface area (Å²) < 4.78 is 6.10. The van der Waals surface area contributed by atoms with Crippen molar-refractivity contribution in [1.82, 2.24) is 5.32 Å². The van der Waals surface area contributed by atoms with E-state index in [1.54, 1.807) is 0 Å². The molecule has 1 fully saturated rings. The third-order valence-corrected chi connectivity index (χ3v) is 5.70. The Balaban J connectivity index is 1.85. The molecule has 0 amide bonds. The molecular weight excluding hydrogens is 310 g/mol. The van der Waals surface area contributed by atoms with Gasteiger partial charge in [-0.3, -0.25) is 0 Å². The topological polar surface area (TPSA) is 33.6 Å². The van der Waals surface area contributed by atoms with E-state index in [0.717, 1.165) is 38.3 Å². The van der Waals surface area contributed by atoms with Crippen LogP contribution < -0.4 is 5.32 Å². The van der Waals surface area contributed by atoms with Crippen molar-refractivity contribution in [2.75, 3.05) is 19.8 Å². The summed E-state index contributed by atoms with van der Waals surface area (Å²) in [7, 11) is 0. The predicted octanol–water partition coefficient (Wildman–Crippen LogP) is 4.12. The Bertz CT molecular complexity index is 665. The fraction of sp³-hybridized carbons (Fsp3) is 0.571. The molecule has 2 aliphatic rings. The SMILES string of the molecule is CC[N+]1([C@H](C)c2c(C)cc(C)cc2C)C=C(NC2CCOCC2)C=N1. The van der Waals surface area contributed by atoms with Gasteiger partial charge in [0.25, 0.3) is 0 Å². The number of hydrogen-bond acceptors (Lipinski definition) is 3. The second-order valence-electron chi connectivity index (χ2n) is 7.55. The second kappa shape index (κ2) is 7.30. The molecule has 1 aromatic carbocycles. The monoisotopic (exact) mass is 342 g/mol. The van der Waals surface area contributed by atoms with E-state index < -0.39 is 0 Å². The summed E-state index contributed by atoms with van der Waals surface area (Å²) in [6.07, 6.45) is 6.47. The highest BCUT2D eigenvalue weighted by atomic mass is 16.5. The normalized spacial score (nSPS) is 25.1. The lowest BCUT2D eigenvalue weighted by Gasteiger charge is -2.33. The quantitative estimate of drug-likeness (QED) is 0.817. The van der Waals surface area contributed by atoms with E-state index in [1.807, 2.05) is 6.21 Å². The van der Waals surface area contributed by atoms with E-state index in [9.17, 15) is 0 Å². The standard InChI is InChI=1S/C21H32N3O/c1-6-24(18(5)21-16(3)11-15(2)12-17(21)4)14-20(13-22-24)23-19-7-9-25-10-8-19/h11-14,18-19,23H,6-10H2,1-5H3/q+1/t18-,24?/m1/s1. The molecule has 0 aliphatic carbocycles. The maximum atomic E-state index is 5.46. The van der Waals surface area contributed by atoms with Gasteiger partial charge in [-0.1, -0.05) is 22.8 Å². The molecule has 1 unspecified atom stereocenters. The first-order valence-corrected chi connectivity index (χ1v) is 9.53. The Kier molecular flexibility index (Phi) is 5.30. The van der Waals surface area contributed by atoms with Gasteiger partial charge in [-0.2, -0.15) is 4.59 Å². The Labute approximate surface area is 152 Å². The van der Waals surface area contributed by atoms with E-state index in [-0.39, 0.29) is 0 Å². The van der Waals surface area contributed by atoms with Gasteiger partial charge in [-0.25, -0.2) is 0 Å². The highest BCUT2D eigenvalue weighted by molar-refractivity contribution is 5.78. The Morgan fingerprint density at radius 1 is 1.20 bits per heavy atom. The van der Waals surface area contributed by atoms with Gasteiger partial charge in [0.2, 0.25) is 0 Å². The smallest absolute Gasteiger partial charge is 0.148 e. The molecule has 1 saturated heterocycles. The zero-order valence-electron chi connectivity index (χ0n) is 16.3. The van der Waals surface area contributed by atoms with Crippen LogP contribution in [0.3, 0.4) is 0 Å². The average Bonchev–Trinajstić information content (AvgIpc) is 2.99. The number of allylic oxidation sites excluding steroid dienone is 1. The summed E-state index contributed by atoms with van der Waals surface area (Å²) in [6.45, 7) is 13.8. The van der Waals surface area contributed by atoms with Gasteiger partial charge in [-0.15, -0.1) is 0 Å². The number of nitrogens with zero attached hydrogens (tertiary/aromatic N) is 2. The number of rotatable bonds is 5. The van der Waals surface area contributed by atoms with Crippen LogP contribution in [0.25, 0.3) is 0 Å². The molecule has 0 bridgehead atoms. The van der Waals surface area contributed by atoms with Gasteiger partial charge < -0.3 is 10.1 Å². The fourth-order valence-electron chi connectivity index (χ4n) is 4.36.